The van der Waals surface area contributed by atoms with Gasteiger partial charge in [-0.25, -0.2) is 0 Å². The van der Waals surface area contributed by atoms with Crippen LogP contribution in [0.2, 0.25) is 0 Å². The summed E-state index contributed by atoms with van der Waals surface area (Å²) in [6, 6.07) is 9.19. The van der Waals surface area contributed by atoms with E-state index in [-0.39, 0.29) is 0 Å². The molecule has 1 N–H and O–H groups in total. The third-order valence-corrected chi connectivity index (χ3v) is 3.55. The summed E-state index contributed by atoms with van der Waals surface area (Å²) in [5.41, 5.74) is 3.07. The van der Waals surface area contributed by atoms with Crippen LogP contribution >= 0.6 is 0 Å². The van der Waals surface area contributed by atoms with Crippen LogP contribution in [0.5, 0.6) is 0 Å². The van der Waals surface area contributed by atoms with Gasteiger partial charge in [0.05, 0.1) is 6.61 Å². The molecule has 0 saturated heterocycles. The first-order valence-corrected chi connectivity index (χ1v) is 7.18. The van der Waals surface area contributed by atoms with Crippen LogP contribution in [-0.4, -0.2) is 26.8 Å². The molecule has 18 heavy (non-hydrogen) atoms. The number of aryl methyl sites for hydroxylation is 1. The lowest BCUT2D eigenvalue weighted by Gasteiger charge is -2.06. The van der Waals surface area contributed by atoms with E-state index in [4.69, 9.17) is 4.74 Å². The van der Waals surface area contributed by atoms with Gasteiger partial charge in [-0.3, -0.25) is 0 Å². The third kappa shape index (κ3) is 4.79. The Hall–Kier alpha value is -0.860. The lowest BCUT2D eigenvalue weighted by molar-refractivity contribution is 0.199. The van der Waals surface area contributed by atoms with Crippen molar-refractivity contribution in [3.63, 3.8) is 0 Å². The van der Waals surface area contributed by atoms with Crippen LogP contribution in [0.15, 0.2) is 24.3 Å². The fraction of sp³-hybridized carbons (Fsp3) is 0.625. The third-order valence-electron chi connectivity index (χ3n) is 3.55. The molecule has 0 atom stereocenters. The summed E-state index contributed by atoms with van der Waals surface area (Å²) in [7, 11) is 1.74. The van der Waals surface area contributed by atoms with Gasteiger partial charge in [-0.1, -0.05) is 24.3 Å². The largest absolute Gasteiger partial charge is 0.383 e. The quantitative estimate of drug-likeness (QED) is 0.677. The molecule has 1 aliphatic carbocycles. The SMILES string of the molecule is COCCNCCCCc1cccc(C2CC2)c1. The first kappa shape index (κ1) is 13.6. The van der Waals surface area contributed by atoms with Crippen molar-refractivity contribution >= 4 is 0 Å². The Kier molecular flexibility index (Phi) is 5.69. The number of rotatable bonds is 9. The predicted octanol–water partition coefficient (Wildman–Crippen LogP) is 3.12. The fourth-order valence-electron chi connectivity index (χ4n) is 2.30. The zero-order valence-electron chi connectivity index (χ0n) is 11.5. The molecule has 0 spiro atoms. The molecule has 0 radical (unpaired) electrons. The molecular weight excluding hydrogens is 222 g/mol. The Bertz CT molecular complexity index is 347. The van der Waals surface area contributed by atoms with Gasteiger partial charge in [0, 0.05) is 13.7 Å². The average Bonchev–Trinajstić information content (AvgIpc) is 3.22. The van der Waals surface area contributed by atoms with Crippen molar-refractivity contribution < 1.29 is 4.74 Å². The molecule has 0 aromatic heterocycles. The van der Waals surface area contributed by atoms with Gasteiger partial charge >= 0.3 is 0 Å². The molecule has 1 aromatic carbocycles. The number of unbranched alkanes of at least 4 members (excludes halogenated alkanes) is 1. The molecule has 1 aliphatic rings. The molecule has 0 bridgehead atoms. The van der Waals surface area contributed by atoms with Crippen molar-refractivity contribution in [2.45, 2.75) is 38.0 Å². The van der Waals surface area contributed by atoms with Gasteiger partial charge in [0.25, 0.3) is 0 Å². The van der Waals surface area contributed by atoms with Crippen LogP contribution in [0.3, 0.4) is 0 Å². The van der Waals surface area contributed by atoms with E-state index in [9.17, 15) is 0 Å². The molecular formula is C16H25NO. The van der Waals surface area contributed by atoms with Crippen LogP contribution in [0.1, 0.15) is 42.7 Å². The van der Waals surface area contributed by atoms with Gasteiger partial charge in [-0.2, -0.15) is 0 Å². The Morgan fingerprint density at radius 3 is 2.89 bits per heavy atom. The highest BCUT2D eigenvalue weighted by Crippen LogP contribution is 2.40. The Morgan fingerprint density at radius 1 is 1.22 bits per heavy atom. The second-order valence-corrected chi connectivity index (χ2v) is 5.22. The summed E-state index contributed by atoms with van der Waals surface area (Å²) in [5.74, 6) is 0.876. The summed E-state index contributed by atoms with van der Waals surface area (Å²) in [5, 5.41) is 3.39. The number of methoxy groups -OCH3 is 1. The van der Waals surface area contributed by atoms with E-state index >= 15 is 0 Å². The van der Waals surface area contributed by atoms with E-state index in [0.29, 0.717) is 0 Å². The Balaban J connectivity index is 1.59. The molecule has 2 rings (SSSR count). The first-order valence-electron chi connectivity index (χ1n) is 7.18. The van der Waals surface area contributed by atoms with Gasteiger partial charge in [0.2, 0.25) is 0 Å². The van der Waals surface area contributed by atoms with Crippen LogP contribution in [0.25, 0.3) is 0 Å². The molecule has 1 fully saturated rings. The van der Waals surface area contributed by atoms with E-state index in [1.54, 1.807) is 12.7 Å². The maximum absolute atomic E-state index is 5.00. The summed E-state index contributed by atoms with van der Waals surface area (Å²) < 4.78 is 5.00. The normalized spacial score (nSPS) is 14.9. The van der Waals surface area contributed by atoms with Gasteiger partial charge in [-0.15, -0.1) is 0 Å². The monoisotopic (exact) mass is 247 g/mol. The minimum atomic E-state index is 0.809. The van der Waals surface area contributed by atoms with Gasteiger partial charge in [0.1, 0.15) is 0 Å². The zero-order valence-corrected chi connectivity index (χ0v) is 11.5. The fourth-order valence-corrected chi connectivity index (χ4v) is 2.30. The van der Waals surface area contributed by atoms with E-state index in [2.05, 4.69) is 29.6 Å². The highest BCUT2D eigenvalue weighted by Gasteiger charge is 2.23. The van der Waals surface area contributed by atoms with E-state index in [1.807, 2.05) is 0 Å². The van der Waals surface area contributed by atoms with Crippen LogP contribution in [0.4, 0.5) is 0 Å². The second kappa shape index (κ2) is 7.55. The number of hydrogen-bond acceptors (Lipinski definition) is 2. The molecule has 0 unspecified atom stereocenters. The highest BCUT2D eigenvalue weighted by molar-refractivity contribution is 5.29. The number of benzene rings is 1. The topological polar surface area (TPSA) is 21.3 Å². The van der Waals surface area contributed by atoms with E-state index in [0.717, 1.165) is 25.6 Å². The number of nitrogens with one attached hydrogen (secondary N) is 1. The van der Waals surface area contributed by atoms with Crippen molar-refractivity contribution in [3.8, 4) is 0 Å². The maximum atomic E-state index is 5.00. The summed E-state index contributed by atoms with van der Waals surface area (Å²) in [4.78, 5) is 0. The zero-order chi connectivity index (χ0) is 12.6. The van der Waals surface area contributed by atoms with Crippen molar-refractivity contribution in [3.05, 3.63) is 35.4 Å². The molecule has 1 aromatic rings. The van der Waals surface area contributed by atoms with Gasteiger partial charge < -0.3 is 10.1 Å². The highest BCUT2D eigenvalue weighted by atomic mass is 16.5. The minimum absolute atomic E-state index is 0.809. The predicted molar refractivity (Wildman–Crippen MR) is 76.1 cm³/mol. The van der Waals surface area contributed by atoms with Crippen LogP contribution < -0.4 is 5.32 Å². The Labute approximate surface area is 111 Å². The van der Waals surface area contributed by atoms with Crippen molar-refractivity contribution in [1.82, 2.24) is 5.32 Å². The van der Waals surface area contributed by atoms with Crippen molar-refractivity contribution in [2.75, 3.05) is 26.8 Å². The summed E-state index contributed by atoms with van der Waals surface area (Å²) in [6.07, 6.45) is 6.53. The summed E-state index contributed by atoms with van der Waals surface area (Å²) in [6.45, 7) is 2.88. The van der Waals surface area contributed by atoms with Crippen molar-refractivity contribution in [1.29, 1.82) is 0 Å². The lowest BCUT2D eigenvalue weighted by Crippen LogP contribution is -2.20. The lowest BCUT2D eigenvalue weighted by atomic mass is 10.0. The molecule has 100 valence electrons. The molecule has 2 heteroatoms. The van der Waals surface area contributed by atoms with Crippen LogP contribution in [0, 0.1) is 0 Å². The van der Waals surface area contributed by atoms with Gasteiger partial charge in [-0.05, 0) is 55.7 Å². The molecule has 1 saturated carbocycles. The first-order chi connectivity index (χ1) is 8.90. The average molecular weight is 247 g/mol. The Morgan fingerprint density at radius 2 is 2.11 bits per heavy atom. The molecule has 2 nitrogen and oxygen atoms in total. The second-order valence-electron chi connectivity index (χ2n) is 5.22. The maximum Gasteiger partial charge on any atom is 0.0587 e. The van der Waals surface area contributed by atoms with E-state index < -0.39 is 0 Å². The molecule has 0 aliphatic heterocycles. The summed E-state index contributed by atoms with van der Waals surface area (Å²) >= 11 is 0. The van der Waals surface area contributed by atoms with Gasteiger partial charge in [0.15, 0.2) is 0 Å². The molecule has 0 heterocycles. The number of hydrogen-bond donors (Lipinski definition) is 1. The standard InChI is InChI=1S/C16H25NO/c1-18-12-11-17-10-3-2-5-14-6-4-7-16(13-14)15-8-9-15/h4,6-7,13,15,17H,2-3,5,8-12H2,1H3. The van der Waals surface area contributed by atoms with Crippen molar-refractivity contribution in [2.24, 2.45) is 0 Å². The number of ether oxygens (including phenoxy) is 1. The molecule has 0 amide bonds. The van der Waals surface area contributed by atoms with E-state index in [1.165, 1.54) is 37.7 Å². The minimum Gasteiger partial charge on any atom is -0.383 e. The smallest absolute Gasteiger partial charge is 0.0587 e. The van der Waals surface area contributed by atoms with Crippen LogP contribution in [-0.2, 0) is 11.2 Å².